The van der Waals surface area contributed by atoms with E-state index in [0.29, 0.717) is 12.2 Å². The summed E-state index contributed by atoms with van der Waals surface area (Å²) in [4.78, 5) is 0. The maximum absolute atomic E-state index is 5.99. The van der Waals surface area contributed by atoms with Gasteiger partial charge in [0.1, 0.15) is 0 Å². The summed E-state index contributed by atoms with van der Waals surface area (Å²) in [7, 11) is 0. The second kappa shape index (κ2) is 5.87. The van der Waals surface area contributed by atoms with Gasteiger partial charge in [0, 0.05) is 19.4 Å². The molecule has 18 heavy (non-hydrogen) atoms. The first-order valence-electron chi connectivity index (χ1n) is 7.37. The van der Waals surface area contributed by atoms with Crippen LogP contribution in [0.2, 0.25) is 0 Å². The molecule has 3 fully saturated rings. The lowest BCUT2D eigenvalue weighted by atomic mass is 9.92. The summed E-state index contributed by atoms with van der Waals surface area (Å²) in [6.45, 7) is 3.17. The van der Waals surface area contributed by atoms with Crippen LogP contribution in [0.25, 0.3) is 0 Å². The molecule has 104 valence electrons. The van der Waals surface area contributed by atoms with Gasteiger partial charge in [-0.05, 0) is 32.1 Å². The Balaban J connectivity index is 1.37. The number of hydrogen-bond donors (Lipinski definition) is 0. The van der Waals surface area contributed by atoms with Gasteiger partial charge in [-0.25, -0.2) is 0 Å². The fourth-order valence-electron chi connectivity index (χ4n) is 3.17. The third-order valence-corrected chi connectivity index (χ3v) is 4.30. The van der Waals surface area contributed by atoms with Crippen molar-refractivity contribution in [2.75, 3.05) is 26.4 Å². The largest absolute Gasteiger partial charge is 0.376 e. The van der Waals surface area contributed by atoms with Crippen LogP contribution in [0.3, 0.4) is 0 Å². The first-order valence-corrected chi connectivity index (χ1v) is 7.37. The van der Waals surface area contributed by atoms with E-state index in [0.717, 1.165) is 58.5 Å². The van der Waals surface area contributed by atoms with Gasteiger partial charge in [0.05, 0.1) is 32.0 Å². The number of hydrogen-bond acceptors (Lipinski definition) is 4. The topological polar surface area (TPSA) is 36.9 Å². The summed E-state index contributed by atoms with van der Waals surface area (Å²) in [5.74, 6) is -0.263. The fraction of sp³-hybridized carbons (Fsp3) is 1.00. The summed E-state index contributed by atoms with van der Waals surface area (Å²) >= 11 is 0. The lowest BCUT2D eigenvalue weighted by Crippen LogP contribution is -2.38. The first kappa shape index (κ1) is 12.9. The van der Waals surface area contributed by atoms with Crippen LogP contribution < -0.4 is 0 Å². The van der Waals surface area contributed by atoms with Crippen LogP contribution in [-0.4, -0.2) is 44.4 Å². The van der Waals surface area contributed by atoms with Crippen molar-refractivity contribution < 1.29 is 18.9 Å². The minimum absolute atomic E-state index is 0.263. The van der Waals surface area contributed by atoms with Crippen LogP contribution in [0.5, 0.6) is 0 Å². The number of rotatable bonds is 3. The van der Waals surface area contributed by atoms with E-state index < -0.39 is 0 Å². The molecular formula is C14H24O4. The molecule has 1 aliphatic carbocycles. The van der Waals surface area contributed by atoms with Crippen molar-refractivity contribution in [1.29, 1.82) is 0 Å². The van der Waals surface area contributed by atoms with Crippen LogP contribution in [-0.2, 0) is 18.9 Å². The molecule has 4 heteroatoms. The fourth-order valence-corrected chi connectivity index (χ4v) is 3.17. The molecule has 3 aliphatic rings. The highest BCUT2D eigenvalue weighted by atomic mass is 16.7. The van der Waals surface area contributed by atoms with E-state index in [4.69, 9.17) is 18.9 Å². The highest BCUT2D eigenvalue weighted by Gasteiger charge is 2.40. The number of ether oxygens (including phenoxy) is 4. The molecule has 0 bridgehead atoms. The molecule has 0 N–H and O–H groups in total. The van der Waals surface area contributed by atoms with E-state index in [-0.39, 0.29) is 5.79 Å². The van der Waals surface area contributed by atoms with Crippen LogP contribution in [0, 0.1) is 0 Å². The lowest BCUT2D eigenvalue weighted by Gasteiger charge is -2.35. The van der Waals surface area contributed by atoms with Gasteiger partial charge in [-0.2, -0.15) is 0 Å². The Kier molecular flexibility index (Phi) is 4.19. The SMILES string of the molecule is C1CCC(COC2CCC3(CC2)OCCO3)OC1. The van der Waals surface area contributed by atoms with Crippen LogP contribution in [0.15, 0.2) is 0 Å². The highest BCUT2D eigenvalue weighted by Crippen LogP contribution is 2.36. The Bertz CT molecular complexity index is 247. The summed E-state index contributed by atoms with van der Waals surface area (Å²) in [5.41, 5.74) is 0. The van der Waals surface area contributed by atoms with Gasteiger partial charge in [-0.1, -0.05) is 0 Å². The van der Waals surface area contributed by atoms with E-state index in [1.165, 1.54) is 12.8 Å². The van der Waals surface area contributed by atoms with Crippen molar-refractivity contribution in [3.8, 4) is 0 Å². The smallest absolute Gasteiger partial charge is 0.168 e. The van der Waals surface area contributed by atoms with Gasteiger partial charge in [-0.15, -0.1) is 0 Å². The van der Waals surface area contributed by atoms with E-state index in [2.05, 4.69) is 0 Å². The van der Waals surface area contributed by atoms with Crippen LogP contribution >= 0.6 is 0 Å². The molecule has 4 nitrogen and oxygen atoms in total. The van der Waals surface area contributed by atoms with Crippen molar-refractivity contribution in [2.24, 2.45) is 0 Å². The normalized spacial score (nSPS) is 33.0. The average Bonchev–Trinajstić information content (AvgIpc) is 2.88. The highest BCUT2D eigenvalue weighted by molar-refractivity contribution is 4.83. The van der Waals surface area contributed by atoms with Crippen molar-refractivity contribution in [3.05, 3.63) is 0 Å². The Morgan fingerprint density at radius 3 is 2.39 bits per heavy atom. The van der Waals surface area contributed by atoms with E-state index in [1.807, 2.05) is 0 Å². The van der Waals surface area contributed by atoms with Gasteiger partial charge in [-0.3, -0.25) is 0 Å². The van der Waals surface area contributed by atoms with Gasteiger partial charge in [0.15, 0.2) is 5.79 Å². The molecule has 2 saturated heterocycles. The molecule has 2 aliphatic heterocycles. The van der Waals surface area contributed by atoms with Crippen molar-refractivity contribution in [1.82, 2.24) is 0 Å². The van der Waals surface area contributed by atoms with Gasteiger partial charge >= 0.3 is 0 Å². The molecule has 2 heterocycles. The molecule has 0 amide bonds. The molecule has 1 saturated carbocycles. The Labute approximate surface area is 109 Å². The van der Waals surface area contributed by atoms with E-state index in [1.54, 1.807) is 0 Å². The first-order chi connectivity index (χ1) is 8.86. The zero-order chi connectivity index (χ0) is 12.3. The van der Waals surface area contributed by atoms with Crippen molar-refractivity contribution in [3.63, 3.8) is 0 Å². The summed E-state index contributed by atoms with van der Waals surface area (Å²) < 4.78 is 23.1. The second-order valence-electron chi connectivity index (χ2n) is 5.63. The molecule has 1 unspecified atom stereocenters. The van der Waals surface area contributed by atoms with Crippen molar-refractivity contribution in [2.45, 2.75) is 62.9 Å². The maximum Gasteiger partial charge on any atom is 0.168 e. The molecule has 1 spiro atoms. The Morgan fingerprint density at radius 1 is 0.944 bits per heavy atom. The summed E-state index contributed by atoms with van der Waals surface area (Å²) in [6.07, 6.45) is 8.39. The molecule has 0 aromatic rings. The monoisotopic (exact) mass is 256 g/mol. The van der Waals surface area contributed by atoms with Gasteiger partial charge in [0.25, 0.3) is 0 Å². The molecule has 1 atom stereocenters. The second-order valence-corrected chi connectivity index (χ2v) is 5.63. The third-order valence-electron chi connectivity index (χ3n) is 4.30. The van der Waals surface area contributed by atoms with Gasteiger partial charge in [0.2, 0.25) is 0 Å². The average molecular weight is 256 g/mol. The summed E-state index contributed by atoms with van der Waals surface area (Å²) in [6, 6.07) is 0. The van der Waals surface area contributed by atoms with Crippen LogP contribution in [0.4, 0.5) is 0 Å². The zero-order valence-electron chi connectivity index (χ0n) is 11.1. The molecule has 0 radical (unpaired) electrons. The maximum atomic E-state index is 5.99. The Hall–Kier alpha value is -0.160. The molecular weight excluding hydrogens is 232 g/mol. The van der Waals surface area contributed by atoms with Crippen molar-refractivity contribution >= 4 is 0 Å². The minimum atomic E-state index is -0.263. The van der Waals surface area contributed by atoms with E-state index in [9.17, 15) is 0 Å². The quantitative estimate of drug-likeness (QED) is 0.776. The van der Waals surface area contributed by atoms with E-state index >= 15 is 0 Å². The zero-order valence-corrected chi connectivity index (χ0v) is 11.1. The molecule has 3 rings (SSSR count). The predicted molar refractivity (Wildman–Crippen MR) is 66.4 cm³/mol. The standard InChI is InChI=1S/C14H24O4/c1-2-8-15-13(3-1)11-16-12-4-6-14(7-5-12)17-9-10-18-14/h12-13H,1-11H2. The molecule has 0 aromatic carbocycles. The summed E-state index contributed by atoms with van der Waals surface area (Å²) in [5, 5.41) is 0. The predicted octanol–water partition coefficient (Wildman–Crippen LogP) is 2.26. The van der Waals surface area contributed by atoms with Gasteiger partial charge < -0.3 is 18.9 Å². The molecule has 0 aromatic heterocycles. The minimum Gasteiger partial charge on any atom is -0.376 e. The Morgan fingerprint density at radius 2 is 1.72 bits per heavy atom. The van der Waals surface area contributed by atoms with Crippen LogP contribution in [0.1, 0.15) is 44.9 Å². The lowest BCUT2D eigenvalue weighted by molar-refractivity contribution is -0.194. The third kappa shape index (κ3) is 3.05.